The van der Waals surface area contributed by atoms with Gasteiger partial charge in [-0.1, -0.05) is 35.9 Å². The molecule has 3 rings (SSSR count). The van der Waals surface area contributed by atoms with Gasteiger partial charge in [0.1, 0.15) is 12.4 Å². The first-order valence-corrected chi connectivity index (χ1v) is 11.3. The minimum absolute atomic E-state index is 0.372. The van der Waals surface area contributed by atoms with Crippen LogP contribution in [0.5, 0.6) is 17.2 Å². The Morgan fingerprint density at radius 1 is 0.968 bits per heavy atom. The number of nitrogens with zero attached hydrogens (tertiary/aromatic N) is 1. The Balaban J connectivity index is 1.61. The third-order valence-electron chi connectivity index (χ3n) is 4.39. The van der Waals surface area contributed by atoms with E-state index >= 15 is 0 Å². The number of hydrogen-bond acceptors (Lipinski definition) is 5. The summed E-state index contributed by atoms with van der Waals surface area (Å²) in [4.78, 5) is 0. The van der Waals surface area contributed by atoms with Gasteiger partial charge in [-0.15, -0.1) is 0 Å². The van der Waals surface area contributed by atoms with Crippen LogP contribution in [0.3, 0.4) is 0 Å². The highest BCUT2D eigenvalue weighted by molar-refractivity contribution is 9.11. The van der Waals surface area contributed by atoms with E-state index in [1.54, 1.807) is 20.4 Å². The molecule has 0 aliphatic carbocycles. The molecule has 162 valence electrons. The number of rotatable bonds is 9. The maximum atomic E-state index is 6.20. The molecule has 0 unspecified atom stereocenters. The van der Waals surface area contributed by atoms with Gasteiger partial charge in [-0.05, 0) is 73.3 Å². The summed E-state index contributed by atoms with van der Waals surface area (Å²) in [5.74, 6) is 2.09. The fourth-order valence-electron chi connectivity index (χ4n) is 2.80. The molecule has 0 radical (unpaired) electrons. The largest absolute Gasteiger partial charge is 0.493 e. The summed E-state index contributed by atoms with van der Waals surface area (Å²) in [6, 6.07) is 17.2. The van der Waals surface area contributed by atoms with Gasteiger partial charge in [0.05, 0.1) is 35.9 Å². The SMILES string of the molecule is COc1ccc(CN/N=C\c2cc(Br)c(OCc3ccccc3Cl)c(Br)c2)cc1OC. The highest BCUT2D eigenvalue weighted by Gasteiger charge is 2.10. The maximum Gasteiger partial charge on any atom is 0.161 e. The molecule has 31 heavy (non-hydrogen) atoms. The predicted octanol–water partition coefficient (Wildman–Crippen LogP) is 6.58. The van der Waals surface area contributed by atoms with Crippen LogP contribution < -0.4 is 19.6 Å². The van der Waals surface area contributed by atoms with E-state index in [-0.39, 0.29) is 0 Å². The molecule has 0 aliphatic rings. The Morgan fingerprint density at radius 2 is 1.68 bits per heavy atom. The first kappa shape index (κ1) is 23.4. The van der Waals surface area contributed by atoms with E-state index in [2.05, 4.69) is 42.4 Å². The molecular formula is C23H21Br2ClN2O3. The maximum absolute atomic E-state index is 6.20. The minimum atomic E-state index is 0.372. The molecule has 5 nitrogen and oxygen atoms in total. The fourth-order valence-corrected chi connectivity index (χ4v) is 4.45. The molecule has 0 bridgehead atoms. The van der Waals surface area contributed by atoms with Gasteiger partial charge >= 0.3 is 0 Å². The lowest BCUT2D eigenvalue weighted by atomic mass is 10.2. The van der Waals surface area contributed by atoms with Crippen LogP contribution in [0.1, 0.15) is 16.7 Å². The van der Waals surface area contributed by atoms with Gasteiger partial charge in [-0.25, -0.2) is 0 Å². The number of ether oxygens (including phenoxy) is 3. The zero-order valence-corrected chi connectivity index (χ0v) is 20.9. The summed E-state index contributed by atoms with van der Waals surface area (Å²) >= 11 is 13.3. The second-order valence-electron chi connectivity index (χ2n) is 6.48. The molecule has 0 aromatic heterocycles. The Hall–Kier alpha value is -2.22. The van der Waals surface area contributed by atoms with Gasteiger partial charge in [0.15, 0.2) is 11.5 Å². The van der Waals surface area contributed by atoms with Crippen molar-refractivity contribution in [2.24, 2.45) is 5.10 Å². The molecule has 0 spiro atoms. The smallest absolute Gasteiger partial charge is 0.161 e. The Morgan fingerprint density at radius 3 is 2.35 bits per heavy atom. The van der Waals surface area contributed by atoms with Crippen molar-refractivity contribution in [3.05, 3.63) is 85.3 Å². The molecule has 3 aromatic rings. The summed E-state index contributed by atoms with van der Waals surface area (Å²) in [7, 11) is 3.23. The summed E-state index contributed by atoms with van der Waals surface area (Å²) in [5, 5.41) is 4.98. The standard InChI is InChI=1S/C23H21Br2ClN2O3/c1-29-21-8-7-15(11-22(21)30-2)12-27-28-13-16-9-18(24)23(19(25)10-16)31-14-17-5-3-4-6-20(17)26/h3-11,13,27H,12,14H2,1-2H3/b28-13-. The van der Waals surface area contributed by atoms with E-state index < -0.39 is 0 Å². The van der Waals surface area contributed by atoms with Gasteiger partial charge in [0, 0.05) is 10.6 Å². The lowest BCUT2D eigenvalue weighted by molar-refractivity contribution is 0.302. The number of nitrogens with one attached hydrogen (secondary N) is 1. The van der Waals surface area contributed by atoms with Crippen LogP contribution in [-0.4, -0.2) is 20.4 Å². The topological polar surface area (TPSA) is 52.1 Å². The van der Waals surface area contributed by atoms with Gasteiger partial charge < -0.3 is 19.6 Å². The first-order chi connectivity index (χ1) is 15.0. The highest BCUT2D eigenvalue weighted by Crippen LogP contribution is 2.35. The van der Waals surface area contributed by atoms with Crippen molar-refractivity contribution in [2.75, 3.05) is 14.2 Å². The second-order valence-corrected chi connectivity index (χ2v) is 8.59. The van der Waals surface area contributed by atoms with Crippen molar-refractivity contribution < 1.29 is 14.2 Å². The van der Waals surface area contributed by atoms with E-state index in [1.165, 1.54) is 0 Å². The van der Waals surface area contributed by atoms with E-state index in [0.717, 1.165) is 25.6 Å². The van der Waals surface area contributed by atoms with Gasteiger partial charge in [0.2, 0.25) is 0 Å². The third kappa shape index (κ3) is 6.38. The van der Waals surface area contributed by atoms with E-state index in [9.17, 15) is 0 Å². The van der Waals surface area contributed by atoms with Crippen molar-refractivity contribution in [1.29, 1.82) is 0 Å². The molecule has 0 amide bonds. The normalized spacial score (nSPS) is 10.9. The monoisotopic (exact) mass is 566 g/mol. The van der Waals surface area contributed by atoms with E-state index in [0.29, 0.717) is 35.4 Å². The van der Waals surface area contributed by atoms with Gasteiger partial charge in [0.25, 0.3) is 0 Å². The molecule has 8 heteroatoms. The van der Waals surface area contributed by atoms with Gasteiger partial charge in [-0.2, -0.15) is 5.10 Å². The lowest BCUT2D eigenvalue weighted by Crippen LogP contribution is -2.06. The predicted molar refractivity (Wildman–Crippen MR) is 132 cm³/mol. The molecule has 0 atom stereocenters. The third-order valence-corrected chi connectivity index (χ3v) is 5.93. The number of hydrazone groups is 1. The Labute approximate surface area is 203 Å². The summed E-state index contributed by atoms with van der Waals surface area (Å²) < 4.78 is 18.2. The molecule has 0 aliphatic heterocycles. The number of halogens is 3. The average molecular weight is 569 g/mol. The van der Waals surface area contributed by atoms with Crippen molar-refractivity contribution in [3.63, 3.8) is 0 Å². The van der Waals surface area contributed by atoms with Gasteiger partial charge in [-0.3, -0.25) is 0 Å². The van der Waals surface area contributed by atoms with Crippen molar-refractivity contribution in [1.82, 2.24) is 5.43 Å². The highest BCUT2D eigenvalue weighted by atomic mass is 79.9. The van der Waals surface area contributed by atoms with Crippen LogP contribution in [0.15, 0.2) is 68.6 Å². The Kier molecular flexibility index (Phi) is 8.63. The number of methoxy groups -OCH3 is 2. The molecule has 1 N–H and O–H groups in total. The van der Waals surface area contributed by atoms with Crippen molar-refractivity contribution in [3.8, 4) is 17.2 Å². The molecule has 0 fully saturated rings. The molecule has 3 aromatic carbocycles. The number of benzene rings is 3. The summed E-state index contributed by atoms with van der Waals surface area (Å²) in [6.45, 7) is 0.926. The Bertz CT molecular complexity index is 1050. The van der Waals surface area contributed by atoms with Crippen molar-refractivity contribution >= 4 is 49.7 Å². The summed E-state index contributed by atoms with van der Waals surface area (Å²) in [5.41, 5.74) is 5.90. The summed E-state index contributed by atoms with van der Waals surface area (Å²) in [6.07, 6.45) is 1.74. The van der Waals surface area contributed by atoms with Crippen LogP contribution in [0.25, 0.3) is 0 Å². The van der Waals surface area contributed by atoms with Crippen LogP contribution in [0, 0.1) is 0 Å². The molecule has 0 heterocycles. The molecular weight excluding hydrogens is 548 g/mol. The second kappa shape index (κ2) is 11.4. The van der Waals surface area contributed by atoms with Crippen molar-refractivity contribution in [2.45, 2.75) is 13.2 Å². The van der Waals surface area contributed by atoms with Crippen LogP contribution in [0.2, 0.25) is 5.02 Å². The van der Waals surface area contributed by atoms with Crippen LogP contribution in [0.4, 0.5) is 0 Å². The molecule has 0 saturated carbocycles. The van der Waals surface area contributed by atoms with Crippen LogP contribution in [-0.2, 0) is 13.2 Å². The minimum Gasteiger partial charge on any atom is -0.493 e. The zero-order chi connectivity index (χ0) is 22.2. The zero-order valence-electron chi connectivity index (χ0n) is 17.0. The van der Waals surface area contributed by atoms with E-state index in [4.69, 9.17) is 25.8 Å². The number of hydrogen-bond donors (Lipinski definition) is 1. The molecule has 0 saturated heterocycles. The lowest BCUT2D eigenvalue weighted by Gasteiger charge is -2.12. The van der Waals surface area contributed by atoms with E-state index in [1.807, 2.05) is 54.6 Å². The fraction of sp³-hybridized carbons (Fsp3) is 0.174. The first-order valence-electron chi connectivity index (χ1n) is 9.34. The average Bonchev–Trinajstić information content (AvgIpc) is 2.77. The van der Waals surface area contributed by atoms with Crippen LogP contribution >= 0.6 is 43.5 Å². The quantitative estimate of drug-likeness (QED) is 0.234.